The maximum Gasteiger partial charge on any atom is 0.339 e. The average Bonchev–Trinajstić information content (AvgIpc) is 2.34. The first kappa shape index (κ1) is 12.1. The second-order valence-electron chi connectivity index (χ2n) is 3.81. The van der Waals surface area contributed by atoms with Gasteiger partial charge in [0.05, 0.1) is 0 Å². The summed E-state index contributed by atoms with van der Waals surface area (Å²) in [6.07, 6.45) is 0. The molecule has 0 aliphatic carbocycles. The van der Waals surface area contributed by atoms with E-state index < -0.39 is 5.97 Å². The number of halogens is 1. The Hall–Kier alpha value is -2.36. The highest BCUT2D eigenvalue weighted by Crippen LogP contribution is 2.26. The summed E-state index contributed by atoms with van der Waals surface area (Å²) < 4.78 is 18.7. The SMILES string of the molecule is Cc1ccc(Oc2ccccc2C(=O)O)cc1F. The largest absolute Gasteiger partial charge is 0.478 e. The van der Waals surface area contributed by atoms with Crippen LogP contribution in [0.3, 0.4) is 0 Å². The van der Waals surface area contributed by atoms with Crippen molar-refractivity contribution in [2.45, 2.75) is 6.92 Å². The highest BCUT2D eigenvalue weighted by molar-refractivity contribution is 5.90. The van der Waals surface area contributed by atoms with E-state index in [4.69, 9.17) is 9.84 Å². The van der Waals surface area contributed by atoms with Gasteiger partial charge < -0.3 is 9.84 Å². The molecule has 0 amide bonds. The third kappa shape index (κ3) is 2.48. The molecule has 0 aliphatic rings. The van der Waals surface area contributed by atoms with Crippen LogP contribution in [0.25, 0.3) is 0 Å². The van der Waals surface area contributed by atoms with E-state index in [1.807, 2.05) is 0 Å². The van der Waals surface area contributed by atoms with E-state index in [0.29, 0.717) is 5.56 Å². The number of carboxylic acids is 1. The van der Waals surface area contributed by atoms with Crippen LogP contribution in [0.4, 0.5) is 4.39 Å². The Morgan fingerprint density at radius 1 is 1.22 bits per heavy atom. The number of carboxylic acid groups (broad SMARTS) is 1. The summed E-state index contributed by atoms with van der Waals surface area (Å²) in [4.78, 5) is 11.0. The zero-order chi connectivity index (χ0) is 13.1. The predicted octanol–water partition coefficient (Wildman–Crippen LogP) is 3.62. The van der Waals surface area contributed by atoms with Gasteiger partial charge in [-0.15, -0.1) is 0 Å². The molecule has 3 nitrogen and oxygen atoms in total. The van der Waals surface area contributed by atoms with Crippen LogP contribution >= 0.6 is 0 Å². The summed E-state index contributed by atoms with van der Waals surface area (Å²) in [6.45, 7) is 1.64. The predicted molar refractivity (Wildman–Crippen MR) is 64.6 cm³/mol. The molecule has 0 fully saturated rings. The molecule has 1 N–H and O–H groups in total. The van der Waals surface area contributed by atoms with Crippen molar-refractivity contribution in [2.75, 3.05) is 0 Å². The molecular weight excluding hydrogens is 235 g/mol. The van der Waals surface area contributed by atoms with Crippen LogP contribution in [-0.4, -0.2) is 11.1 Å². The summed E-state index contributed by atoms with van der Waals surface area (Å²) in [5, 5.41) is 8.99. The molecule has 0 aromatic heterocycles. The van der Waals surface area contributed by atoms with Gasteiger partial charge >= 0.3 is 5.97 Å². The number of aryl methyl sites for hydroxylation is 1. The molecule has 0 bridgehead atoms. The number of hydrogen-bond donors (Lipinski definition) is 1. The molecule has 0 saturated carbocycles. The molecule has 2 rings (SSSR count). The van der Waals surface area contributed by atoms with Crippen LogP contribution < -0.4 is 4.74 Å². The lowest BCUT2D eigenvalue weighted by Crippen LogP contribution is -1.99. The van der Waals surface area contributed by atoms with Crippen molar-refractivity contribution in [3.63, 3.8) is 0 Å². The first-order valence-electron chi connectivity index (χ1n) is 5.34. The lowest BCUT2D eigenvalue weighted by Gasteiger charge is -2.09. The number of aromatic carboxylic acids is 1. The van der Waals surface area contributed by atoms with Crippen molar-refractivity contribution < 1.29 is 19.0 Å². The average molecular weight is 246 g/mol. The number of para-hydroxylation sites is 1. The molecule has 0 saturated heterocycles. The van der Waals surface area contributed by atoms with Crippen LogP contribution in [0.1, 0.15) is 15.9 Å². The maximum atomic E-state index is 13.3. The van der Waals surface area contributed by atoms with Gasteiger partial charge in [-0.2, -0.15) is 0 Å². The fourth-order valence-electron chi connectivity index (χ4n) is 1.50. The van der Waals surface area contributed by atoms with E-state index in [0.717, 1.165) is 0 Å². The molecule has 18 heavy (non-hydrogen) atoms. The van der Waals surface area contributed by atoms with Gasteiger partial charge in [0.15, 0.2) is 0 Å². The number of benzene rings is 2. The van der Waals surface area contributed by atoms with Gasteiger partial charge in [0.25, 0.3) is 0 Å². The highest BCUT2D eigenvalue weighted by Gasteiger charge is 2.11. The topological polar surface area (TPSA) is 46.5 Å². The van der Waals surface area contributed by atoms with Gasteiger partial charge in [-0.25, -0.2) is 9.18 Å². The van der Waals surface area contributed by atoms with Gasteiger partial charge in [0.2, 0.25) is 0 Å². The fraction of sp³-hybridized carbons (Fsp3) is 0.0714. The summed E-state index contributed by atoms with van der Waals surface area (Å²) >= 11 is 0. The standard InChI is InChI=1S/C14H11FO3/c1-9-6-7-10(8-12(9)15)18-13-5-3-2-4-11(13)14(16)17/h2-8H,1H3,(H,16,17). The van der Waals surface area contributed by atoms with E-state index in [2.05, 4.69) is 0 Å². The molecule has 92 valence electrons. The first-order valence-corrected chi connectivity index (χ1v) is 5.34. The summed E-state index contributed by atoms with van der Waals surface area (Å²) in [5.74, 6) is -1.02. The van der Waals surface area contributed by atoms with Crippen molar-refractivity contribution in [1.29, 1.82) is 0 Å². The zero-order valence-electron chi connectivity index (χ0n) is 9.68. The van der Waals surface area contributed by atoms with Crippen LogP contribution in [0.15, 0.2) is 42.5 Å². The van der Waals surface area contributed by atoms with Crippen LogP contribution in [0, 0.1) is 12.7 Å². The number of hydrogen-bond acceptors (Lipinski definition) is 2. The zero-order valence-corrected chi connectivity index (χ0v) is 9.68. The van der Waals surface area contributed by atoms with Crippen LogP contribution in [0.5, 0.6) is 11.5 Å². The summed E-state index contributed by atoms with van der Waals surface area (Å²) in [7, 11) is 0. The Kier molecular flexibility index (Phi) is 3.28. The summed E-state index contributed by atoms with van der Waals surface area (Å²) in [6, 6.07) is 10.6. The van der Waals surface area contributed by atoms with Crippen molar-refractivity contribution in [3.05, 3.63) is 59.4 Å². The number of ether oxygens (including phenoxy) is 1. The monoisotopic (exact) mass is 246 g/mol. The van der Waals surface area contributed by atoms with E-state index >= 15 is 0 Å². The third-order valence-electron chi connectivity index (χ3n) is 2.49. The molecule has 4 heteroatoms. The Balaban J connectivity index is 2.34. The Morgan fingerprint density at radius 2 is 1.94 bits per heavy atom. The molecule has 0 atom stereocenters. The Bertz CT molecular complexity index is 593. The highest BCUT2D eigenvalue weighted by atomic mass is 19.1. The van der Waals surface area contributed by atoms with Gasteiger partial charge in [0, 0.05) is 6.07 Å². The first-order chi connectivity index (χ1) is 8.58. The molecule has 2 aromatic rings. The minimum Gasteiger partial charge on any atom is -0.478 e. The van der Waals surface area contributed by atoms with E-state index in [1.165, 1.54) is 18.2 Å². The minimum absolute atomic E-state index is 0.0403. The Labute approximate surface area is 103 Å². The van der Waals surface area contributed by atoms with Crippen LogP contribution in [-0.2, 0) is 0 Å². The molecule has 2 aromatic carbocycles. The van der Waals surface area contributed by atoms with Crippen LogP contribution in [0.2, 0.25) is 0 Å². The third-order valence-corrected chi connectivity index (χ3v) is 2.49. The second kappa shape index (κ2) is 4.87. The van der Waals surface area contributed by atoms with Gasteiger partial charge in [-0.3, -0.25) is 0 Å². The minimum atomic E-state index is -1.09. The number of rotatable bonds is 3. The second-order valence-corrected chi connectivity index (χ2v) is 3.81. The molecule has 0 unspecified atom stereocenters. The maximum absolute atomic E-state index is 13.3. The molecule has 0 heterocycles. The van der Waals surface area contributed by atoms with E-state index in [9.17, 15) is 9.18 Å². The normalized spacial score (nSPS) is 10.1. The smallest absolute Gasteiger partial charge is 0.339 e. The van der Waals surface area contributed by atoms with Crippen molar-refractivity contribution >= 4 is 5.97 Å². The molecular formula is C14H11FO3. The van der Waals surface area contributed by atoms with Gasteiger partial charge in [0.1, 0.15) is 22.9 Å². The lowest BCUT2D eigenvalue weighted by molar-refractivity contribution is 0.0694. The van der Waals surface area contributed by atoms with Gasteiger partial charge in [-0.1, -0.05) is 18.2 Å². The summed E-state index contributed by atoms with van der Waals surface area (Å²) in [5.41, 5.74) is 0.548. The molecule has 0 aliphatic heterocycles. The van der Waals surface area contributed by atoms with Crippen molar-refractivity contribution in [3.8, 4) is 11.5 Å². The van der Waals surface area contributed by atoms with Crippen molar-refractivity contribution in [2.24, 2.45) is 0 Å². The van der Waals surface area contributed by atoms with Crippen molar-refractivity contribution in [1.82, 2.24) is 0 Å². The number of carbonyl (C=O) groups is 1. The van der Waals surface area contributed by atoms with E-state index in [1.54, 1.807) is 31.2 Å². The lowest BCUT2D eigenvalue weighted by atomic mass is 10.2. The molecule has 0 radical (unpaired) electrons. The van der Waals surface area contributed by atoms with Gasteiger partial charge in [-0.05, 0) is 30.7 Å². The fourth-order valence-corrected chi connectivity index (χ4v) is 1.50. The Morgan fingerprint density at radius 3 is 2.61 bits per heavy atom. The molecule has 0 spiro atoms. The quantitative estimate of drug-likeness (QED) is 0.899. The van der Waals surface area contributed by atoms with E-state index in [-0.39, 0.29) is 22.9 Å².